The van der Waals surface area contributed by atoms with Crippen LogP contribution >= 0.6 is 0 Å². The predicted molar refractivity (Wildman–Crippen MR) is 170 cm³/mol. The summed E-state index contributed by atoms with van der Waals surface area (Å²) in [6.45, 7) is 2.67. The van der Waals surface area contributed by atoms with Crippen molar-refractivity contribution in [3.63, 3.8) is 0 Å². The second-order valence-electron chi connectivity index (χ2n) is 11.4. The van der Waals surface area contributed by atoms with Crippen molar-refractivity contribution in [3.05, 3.63) is 90.6 Å². The quantitative estimate of drug-likeness (QED) is 0.287. The molecule has 10 nitrogen and oxygen atoms in total. The van der Waals surface area contributed by atoms with Crippen LogP contribution in [0.2, 0.25) is 0 Å². The van der Waals surface area contributed by atoms with Gasteiger partial charge in [0.15, 0.2) is 5.76 Å². The molecular weight excluding hydrogens is 570 g/mol. The lowest BCUT2D eigenvalue weighted by atomic mass is 10.1. The van der Waals surface area contributed by atoms with Crippen molar-refractivity contribution >= 4 is 35.0 Å². The van der Waals surface area contributed by atoms with Crippen molar-refractivity contribution < 1.29 is 23.6 Å². The minimum atomic E-state index is -0.490. The minimum Gasteiger partial charge on any atom is -0.436 e. The third-order valence-electron chi connectivity index (χ3n) is 8.38. The van der Waals surface area contributed by atoms with Gasteiger partial charge in [-0.3, -0.25) is 19.2 Å². The molecule has 3 heterocycles. The van der Waals surface area contributed by atoms with Gasteiger partial charge < -0.3 is 24.9 Å². The summed E-state index contributed by atoms with van der Waals surface area (Å²) in [5.74, 6) is 0.484. The molecule has 6 rings (SSSR count). The van der Waals surface area contributed by atoms with Gasteiger partial charge in [-0.15, -0.1) is 0 Å². The Hall–Kier alpha value is -5.25. The molecule has 45 heavy (non-hydrogen) atoms. The number of carbonyl (C=O) groups excluding carboxylic acids is 4. The number of oxazole rings is 1. The number of hydrogen-bond acceptors (Lipinski definition) is 6. The van der Waals surface area contributed by atoms with E-state index in [-0.39, 0.29) is 30.0 Å². The molecule has 3 aromatic carbocycles. The standard InChI is InChI=1S/C35H35N5O5/c1-23(41)39-19-5-9-29(39)33(43)37-28-17-13-26(14-18-28)35-36-22-31(45-35)25-11-15-27(16-12-25)38-34(44)30-10-6-20-40(30)32(42)21-24-7-3-2-4-8-24/h2-4,7-8,11-18,22,29-30H,5-6,9-10,19-21H2,1H3,(H,37,43)(H,38,44)/t29-,30-/m0/s1. The van der Waals surface area contributed by atoms with E-state index in [2.05, 4.69) is 15.6 Å². The van der Waals surface area contributed by atoms with Crippen molar-refractivity contribution in [3.8, 4) is 22.8 Å². The van der Waals surface area contributed by atoms with Gasteiger partial charge in [0.25, 0.3) is 0 Å². The van der Waals surface area contributed by atoms with Crippen molar-refractivity contribution in [2.75, 3.05) is 23.7 Å². The lowest BCUT2D eigenvalue weighted by molar-refractivity contribution is -0.136. The topological polar surface area (TPSA) is 125 Å². The van der Waals surface area contributed by atoms with Gasteiger partial charge >= 0.3 is 0 Å². The molecule has 0 saturated carbocycles. The van der Waals surface area contributed by atoms with Crippen LogP contribution in [0, 0.1) is 0 Å². The van der Waals surface area contributed by atoms with E-state index in [9.17, 15) is 19.2 Å². The zero-order valence-electron chi connectivity index (χ0n) is 25.1. The fourth-order valence-electron chi connectivity index (χ4n) is 6.03. The van der Waals surface area contributed by atoms with Gasteiger partial charge in [-0.25, -0.2) is 4.98 Å². The smallest absolute Gasteiger partial charge is 0.247 e. The SMILES string of the molecule is CC(=O)N1CCC[C@H]1C(=O)Nc1ccc(-c2ncc(-c3ccc(NC(=O)[C@@H]4CCCN4C(=O)Cc4ccccc4)cc3)o2)cc1. The van der Waals surface area contributed by atoms with E-state index in [0.29, 0.717) is 49.0 Å². The first-order valence-corrected chi connectivity index (χ1v) is 15.2. The molecule has 2 fully saturated rings. The number of hydrogen-bond donors (Lipinski definition) is 2. The summed E-state index contributed by atoms with van der Waals surface area (Å²) in [5.41, 5.74) is 3.74. The number of nitrogens with zero attached hydrogens (tertiary/aromatic N) is 3. The maximum absolute atomic E-state index is 13.1. The van der Waals surface area contributed by atoms with Crippen molar-refractivity contribution in [1.82, 2.24) is 14.8 Å². The normalized spacial score (nSPS) is 17.7. The molecule has 2 atom stereocenters. The Morgan fingerprint density at radius 1 is 0.756 bits per heavy atom. The second-order valence-corrected chi connectivity index (χ2v) is 11.4. The predicted octanol–water partition coefficient (Wildman–Crippen LogP) is 5.13. The van der Waals surface area contributed by atoms with Crippen LogP contribution in [0.3, 0.4) is 0 Å². The summed E-state index contributed by atoms with van der Waals surface area (Å²) in [7, 11) is 0. The van der Waals surface area contributed by atoms with Gasteiger partial charge in [0.2, 0.25) is 29.5 Å². The van der Waals surface area contributed by atoms with Crippen molar-refractivity contribution in [2.45, 2.75) is 51.1 Å². The summed E-state index contributed by atoms with van der Waals surface area (Å²) >= 11 is 0. The molecule has 0 bridgehead atoms. The van der Waals surface area contributed by atoms with Crippen LogP contribution in [-0.4, -0.2) is 63.6 Å². The Bertz CT molecular complexity index is 1680. The average Bonchev–Trinajstić information content (AvgIpc) is 3.84. The van der Waals surface area contributed by atoms with Gasteiger partial charge in [0, 0.05) is 42.5 Å². The zero-order chi connectivity index (χ0) is 31.3. The third kappa shape index (κ3) is 6.80. The van der Waals surface area contributed by atoms with E-state index in [4.69, 9.17) is 4.42 Å². The summed E-state index contributed by atoms with van der Waals surface area (Å²) in [4.78, 5) is 58.3. The first-order valence-electron chi connectivity index (χ1n) is 15.2. The maximum atomic E-state index is 13.1. The van der Waals surface area contributed by atoms with Gasteiger partial charge in [-0.05, 0) is 79.8 Å². The van der Waals surface area contributed by atoms with E-state index in [1.807, 2.05) is 54.6 Å². The fraction of sp³-hybridized carbons (Fsp3) is 0.286. The Morgan fingerprint density at radius 2 is 1.31 bits per heavy atom. The highest BCUT2D eigenvalue weighted by Gasteiger charge is 2.34. The molecular formula is C35H35N5O5. The number of carbonyl (C=O) groups is 4. The Morgan fingerprint density at radius 3 is 1.91 bits per heavy atom. The van der Waals surface area contributed by atoms with Crippen LogP contribution in [0.5, 0.6) is 0 Å². The van der Waals surface area contributed by atoms with Crippen LogP contribution in [0.4, 0.5) is 11.4 Å². The minimum absolute atomic E-state index is 0.0419. The summed E-state index contributed by atoms with van der Waals surface area (Å²) in [6, 6.07) is 23.1. The lowest BCUT2D eigenvalue weighted by Gasteiger charge is -2.24. The number of rotatable bonds is 8. The van der Waals surface area contributed by atoms with E-state index in [0.717, 1.165) is 29.5 Å². The summed E-state index contributed by atoms with van der Waals surface area (Å²) in [6.07, 6.45) is 4.83. The lowest BCUT2D eigenvalue weighted by Crippen LogP contribution is -2.43. The van der Waals surface area contributed by atoms with E-state index in [1.54, 1.807) is 40.3 Å². The highest BCUT2D eigenvalue weighted by atomic mass is 16.4. The summed E-state index contributed by atoms with van der Waals surface area (Å²) < 4.78 is 6.02. The molecule has 230 valence electrons. The molecule has 0 radical (unpaired) electrons. The maximum Gasteiger partial charge on any atom is 0.247 e. The highest BCUT2D eigenvalue weighted by molar-refractivity contribution is 5.98. The number of nitrogens with one attached hydrogen (secondary N) is 2. The van der Waals surface area contributed by atoms with Crippen LogP contribution in [0.25, 0.3) is 22.8 Å². The Kier molecular flexibility index (Phi) is 8.72. The number of aromatic nitrogens is 1. The van der Waals surface area contributed by atoms with Crippen LogP contribution in [0.1, 0.15) is 38.2 Å². The van der Waals surface area contributed by atoms with Crippen molar-refractivity contribution in [1.29, 1.82) is 0 Å². The number of anilines is 2. The van der Waals surface area contributed by atoms with Gasteiger partial charge in [0.1, 0.15) is 12.1 Å². The molecule has 10 heteroatoms. The van der Waals surface area contributed by atoms with Crippen LogP contribution < -0.4 is 10.6 Å². The largest absolute Gasteiger partial charge is 0.436 e. The summed E-state index contributed by atoms with van der Waals surface area (Å²) in [5, 5.41) is 5.86. The fourth-order valence-corrected chi connectivity index (χ4v) is 6.03. The number of amides is 4. The molecule has 4 amide bonds. The molecule has 2 aliphatic heterocycles. The van der Waals surface area contributed by atoms with Crippen LogP contribution in [0.15, 0.2) is 89.5 Å². The average molecular weight is 606 g/mol. The van der Waals surface area contributed by atoms with Gasteiger partial charge in [-0.1, -0.05) is 30.3 Å². The van der Waals surface area contributed by atoms with E-state index >= 15 is 0 Å². The Labute approximate surface area is 261 Å². The number of likely N-dealkylation sites (tertiary alicyclic amines) is 2. The zero-order valence-corrected chi connectivity index (χ0v) is 25.1. The molecule has 0 aliphatic carbocycles. The first-order chi connectivity index (χ1) is 21.9. The molecule has 0 unspecified atom stereocenters. The molecule has 2 saturated heterocycles. The molecule has 1 aromatic heterocycles. The van der Waals surface area contributed by atoms with E-state index < -0.39 is 12.1 Å². The highest BCUT2D eigenvalue weighted by Crippen LogP contribution is 2.29. The first kappa shape index (κ1) is 29.8. The third-order valence-corrected chi connectivity index (χ3v) is 8.38. The monoisotopic (exact) mass is 605 g/mol. The molecule has 0 spiro atoms. The Balaban J connectivity index is 1.05. The molecule has 4 aromatic rings. The van der Waals surface area contributed by atoms with E-state index in [1.165, 1.54) is 6.92 Å². The van der Waals surface area contributed by atoms with Gasteiger partial charge in [0.05, 0.1) is 12.6 Å². The van der Waals surface area contributed by atoms with Crippen LogP contribution in [-0.2, 0) is 25.6 Å². The molecule has 2 N–H and O–H groups in total. The van der Waals surface area contributed by atoms with Gasteiger partial charge in [-0.2, -0.15) is 0 Å². The molecule has 2 aliphatic rings. The number of benzene rings is 3. The second kappa shape index (κ2) is 13.2. The van der Waals surface area contributed by atoms with Crippen molar-refractivity contribution in [2.24, 2.45) is 0 Å².